The molecule has 1 amide bonds. The fourth-order valence-corrected chi connectivity index (χ4v) is 3.45. The SMILES string of the molecule is COc1cc(C#N)cc2nc(C(=O)N3CCc4ncccc4[C@H]3C)[nH]c12. The zero-order chi connectivity index (χ0) is 18.3. The molecule has 1 aliphatic heterocycles. The molecule has 7 nitrogen and oxygen atoms in total. The Hall–Kier alpha value is -3.40. The lowest BCUT2D eigenvalue weighted by molar-refractivity contribution is 0.0665. The van der Waals surface area contributed by atoms with Gasteiger partial charge in [0.15, 0.2) is 5.82 Å². The lowest BCUT2D eigenvalue weighted by Gasteiger charge is -2.34. The monoisotopic (exact) mass is 347 g/mol. The molecule has 1 N–H and O–H groups in total. The van der Waals surface area contributed by atoms with Crippen LogP contribution in [-0.2, 0) is 6.42 Å². The van der Waals surface area contributed by atoms with Crippen molar-refractivity contribution < 1.29 is 9.53 Å². The summed E-state index contributed by atoms with van der Waals surface area (Å²) in [6, 6.07) is 9.16. The van der Waals surface area contributed by atoms with Crippen molar-refractivity contribution in [3.8, 4) is 11.8 Å². The number of nitriles is 1. The third-order valence-corrected chi connectivity index (χ3v) is 4.80. The molecule has 26 heavy (non-hydrogen) atoms. The van der Waals surface area contributed by atoms with E-state index in [-0.39, 0.29) is 17.8 Å². The van der Waals surface area contributed by atoms with Crippen molar-refractivity contribution in [1.29, 1.82) is 5.26 Å². The molecular weight excluding hydrogens is 330 g/mol. The molecule has 3 aromatic rings. The molecule has 0 spiro atoms. The first-order valence-corrected chi connectivity index (χ1v) is 8.35. The van der Waals surface area contributed by atoms with E-state index in [9.17, 15) is 4.79 Å². The average molecular weight is 347 g/mol. The summed E-state index contributed by atoms with van der Waals surface area (Å²) in [5.41, 5.74) is 3.69. The number of hydrogen-bond acceptors (Lipinski definition) is 5. The molecule has 0 radical (unpaired) electrons. The van der Waals surface area contributed by atoms with Gasteiger partial charge in [0, 0.05) is 30.9 Å². The first-order valence-electron chi connectivity index (χ1n) is 8.35. The van der Waals surface area contributed by atoms with Crippen LogP contribution in [0.2, 0.25) is 0 Å². The number of nitrogens with one attached hydrogen (secondary N) is 1. The maximum Gasteiger partial charge on any atom is 0.290 e. The minimum Gasteiger partial charge on any atom is -0.494 e. The van der Waals surface area contributed by atoms with E-state index in [4.69, 9.17) is 10.00 Å². The molecule has 0 unspecified atom stereocenters. The third kappa shape index (κ3) is 2.47. The Morgan fingerprint density at radius 1 is 1.46 bits per heavy atom. The van der Waals surface area contributed by atoms with Crippen LogP contribution >= 0.6 is 0 Å². The summed E-state index contributed by atoms with van der Waals surface area (Å²) in [5, 5.41) is 9.14. The van der Waals surface area contributed by atoms with Crippen molar-refractivity contribution in [1.82, 2.24) is 19.9 Å². The van der Waals surface area contributed by atoms with Gasteiger partial charge in [-0.05, 0) is 24.6 Å². The van der Waals surface area contributed by atoms with Gasteiger partial charge in [-0.1, -0.05) is 6.07 Å². The third-order valence-electron chi connectivity index (χ3n) is 4.80. The van der Waals surface area contributed by atoms with Crippen molar-refractivity contribution in [2.45, 2.75) is 19.4 Å². The van der Waals surface area contributed by atoms with Gasteiger partial charge >= 0.3 is 0 Å². The summed E-state index contributed by atoms with van der Waals surface area (Å²) in [4.78, 5) is 26.7. The number of H-pyrrole nitrogens is 1. The second-order valence-corrected chi connectivity index (χ2v) is 6.23. The van der Waals surface area contributed by atoms with E-state index in [0.717, 1.165) is 11.3 Å². The number of benzene rings is 1. The maximum absolute atomic E-state index is 13.0. The number of aromatic amines is 1. The summed E-state index contributed by atoms with van der Waals surface area (Å²) < 4.78 is 5.32. The highest BCUT2D eigenvalue weighted by atomic mass is 16.5. The summed E-state index contributed by atoms with van der Waals surface area (Å²) >= 11 is 0. The molecule has 1 atom stereocenters. The molecular formula is C19H17N5O2. The van der Waals surface area contributed by atoms with Gasteiger partial charge in [-0.3, -0.25) is 9.78 Å². The van der Waals surface area contributed by atoms with Gasteiger partial charge in [0.05, 0.1) is 30.3 Å². The number of carbonyl (C=O) groups is 1. The Morgan fingerprint density at radius 2 is 2.31 bits per heavy atom. The molecule has 4 rings (SSSR count). The minimum absolute atomic E-state index is 0.0790. The van der Waals surface area contributed by atoms with Crippen LogP contribution in [0.25, 0.3) is 11.0 Å². The summed E-state index contributed by atoms with van der Waals surface area (Å²) in [5.74, 6) is 0.559. The van der Waals surface area contributed by atoms with Gasteiger partial charge in [0.2, 0.25) is 0 Å². The zero-order valence-corrected chi connectivity index (χ0v) is 14.5. The number of aromatic nitrogens is 3. The van der Waals surface area contributed by atoms with Crippen LogP contribution in [-0.4, -0.2) is 39.4 Å². The first-order chi connectivity index (χ1) is 12.6. The molecule has 1 aliphatic rings. The van der Waals surface area contributed by atoms with Gasteiger partial charge in [0.25, 0.3) is 5.91 Å². The fourth-order valence-electron chi connectivity index (χ4n) is 3.45. The molecule has 0 saturated carbocycles. The molecule has 0 bridgehead atoms. The van der Waals surface area contributed by atoms with Gasteiger partial charge < -0.3 is 14.6 Å². The lowest BCUT2D eigenvalue weighted by atomic mass is 9.98. The Kier molecular flexibility index (Phi) is 3.81. The van der Waals surface area contributed by atoms with Crippen molar-refractivity contribution >= 4 is 16.9 Å². The van der Waals surface area contributed by atoms with E-state index in [0.29, 0.717) is 35.3 Å². The van der Waals surface area contributed by atoms with E-state index in [1.807, 2.05) is 19.1 Å². The molecule has 3 heterocycles. The highest BCUT2D eigenvalue weighted by molar-refractivity contribution is 5.96. The van der Waals surface area contributed by atoms with Crippen LogP contribution in [0.4, 0.5) is 0 Å². The van der Waals surface area contributed by atoms with Crippen LogP contribution < -0.4 is 4.74 Å². The number of hydrogen-bond donors (Lipinski definition) is 1. The Labute approximate surface area is 150 Å². The second kappa shape index (κ2) is 6.15. The summed E-state index contributed by atoms with van der Waals surface area (Å²) in [6.07, 6.45) is 2.50. The Balaban J connectivity index is 1.72. The van der Waals surface area contributed by atoms with Gasteiger partial charge in [0.1, 0.15) is 11.3 Å². The number of nitrogens with zero attached hydrogens (tertiary/aromatic N) is 4. The molecule has 0 saturated heterocycles. The quantitative estimate of drug-likeness (QED) is 0.769. The molecule has 0 fully saturated rings. The Morgan fingerprint density at radius 3 is 3.08 bits per heavy atom. The zero-order valence-electron chi connectivity index (χ0n) is 14.5. The van der Waals surface area contributed by atoms with E-state index < -0.39 is 0 Å². The molecule has 0 aliphatic carbocycles. The molecule has 130 valence electrons. The summed E-state index contributed by atoms with van der Waals surface area (Å²) in [7, 11) is 1.52. The number of ether oxygens (including phenoxy) is 1. The number of pyridine rings is 1. The first kappa shape index (κ1) is 16.1. The lowest BCUT2D eigenvalue weighted by Crippen LogP contribution is -2.39. The van der Waals surface area contributed by atoms with E-state index in [1.54, 1.807) is 23.2 Å². The molecule has 2 aromatic heterocycles. The van der Waals surface area contributed by atoms with Crippen molar-refractivity contribution in [2.75, 3.05) is 13.7 Å². The predicted octanol–water partition coefficient (Wildman–Crippen LogP) is 2.60. The number of methoxy groups -OCH3 is 1. The van der Waals surface area contributed by atoms with Crippen molar-refractivity contribution in [3.05, 3.63) is 53.1 Å². The standard InChI is InChI=1S/C19H17N5O2/c1-11-13-4-3-6-21-14(13)5-7-24(11)19(25)18-22-15-8-12(10-20)9-16(26-2)17(15)23-18/h3-4,6,8-9,11H,5,7H2,1-2H3,(H,22,23)/t11-/m1/s1. The van der Waals surface area contributed by atoms with Crippen LogP contribution in [0, 0.1) is 11.3 Å². The highest BCUT2D eigenvalue weighted by Gasteiger charge is 2.30. The van der Waals surface area contributed by atoms with Crippen LogP contribution in [0.5, 0.6) is 5.75 Å². The number of amides is 1. The van der Waals surface area contributed by atoms with Crippen LogP contribution in [0.1, 0.15) is 40.4 Å². The maximum atomic E-state index is 13.0. The van der Waals surface area contributed by atoms with Crippen LogP contribution in [0.3, 0.4) is 0 Å². The van der Waals surface area contributed by atoms with Gasteiger partial charge in [-0.15, -0.1) is 0 Å². The number of imidazole rings is 1. The summed E-state index contributed by atoms with van der Waals surface area (Å²) in [6.45, 7) is 2.58. The number of fused-ring (bicyclic) bond motifs is 2. The van der Waals surface area contributed by atoms with Crippen molar-refractivity contribution in [2.24, 2.45) is 0 Å². The number of carbonyl (C=O) groups excluding carboxylic acids is 1. The topological polar surface area (TPSA) is 94.9 Å². The normalized spacial score (nSPS) is 16.2. The van der Waals surface area contributed by atoms with E-state index in [2.05, 4.69) is 21.0 Å². The predicted molar refractivity (Wildman–Crippen MR) is 94.8 cm³/mol. The largest absolute Gasteiger partial charge is 0.494 e. The minimum atomic E-state index is -0.177. The van der Waals surface area contributed by atoms with E-state index >= 15 is 0 Å². The van der Waals surface area contributed by atoms with Gasteiger partial charge in [-0.25, -0.2) is 4.98 Å². The highest BCUT2D eigenvalue weighted by Crippen LogP contribution is 2.30. The average Bonchev–Trinajstić information content (AvgIpc) is 3.11. The molecule has 1 aromatic carbocycles. The number of rotatable bonds is 2. The smallest absolute Gasteiger partial charge is 0.290 e. The van der Waals surface area contributed by atoms with Crippen molar-refractivity contribution in [3.63, 3.8) is 0 Å². The second-order valence-electron chi connectivity index (χ2n) is 6.23. The van der Waals surface area contributed by atoms with Gasteiger partial charge in [-0.2, -0.15) is 5.26 Å². The fraction of sp³-hybridized carbons (Fsp3) is 0.263. The van der Waals surface area contributed by atoms with Crippen LogP contribution in [0.15, 0.2) is 30.5 Å². The Bertz CT molecular complexity index is 1050. The molecule has 7 heteroatoms. The van der Waals surface area contributed by atoms with E-state index in [1.165, 1.54) is 7.11 Å².